The van der Waals surface area contributed by atoms with Gasteiger partial charge in [0, 0.05) is 12.6 Å². The predicted molar refractivity (Wildman–Crippen MR) is 114 cm³/mol. The molecule has 1 aliphatic carbocycles. The van der Waals surface area contributed by atoms with Crippen LogP contribution in [0.3, 0.4) is 0 Å². The number of hydrogen-bond acceptors (Lipinski definition) is 4. The minimum Gasteiger partial charge on any atom is -0.497 e. The number of fused-ring (bicyclic) bond motifs is 1. The Morgan fingerprint density at radius 2 is 1.96 bits per heavy atom. The van der Waals surface area contributed by atoms with E-state index in [4.69, 9.17) is 9.72 Å². The SMILES string of the molecule is COc1ccc(CN(C(=O)Cn2c(CSC)nc3ccccc32)C2CC2)cc1. The van der Waals surface area contributed by atoms with Crippen molar-refractivity contribution in [1.29, 1.82) is 0 Å². The Labute approximate surface area is 169 Å². The van der Waals surface area contributed by atoms with Crippen LogP contribution in [-0.2, 0) is 23.6 Å². The lowest BCUT2D eigenvalue weighted by Crippen LogP contribution is -2.35. The smallest absolute Gasteiger partial charge is 0.243 e. The van der Waals surface area contributed by atoms with Gasteiger partial charge in [0.1, 0.15) is 18.1 Å². The van der Waals surface area contributed by atoms with Crippen molar-refractivity contribution >= 4 is 28.7 Å². The van der Waals surface area contributed by atoms with Gasteiger partial charge in [-0.2, -0.15) is 11.8 Å². The molecular weight excluding hydrogens is 370 g/mol. The van der Waals surface area contributed by atoms with Crippen LogP contribution < -0.4 is 4.74 Å². The third-order valence-electron chi connectivity index (χ3n) is 5.12. The third-order valence-corrected chi connectivity index (χ3v) is 5.67. The second-order valence-electron chi connectivity index (χ2n) is 7.14. The molecule has 146 valence electrons. The quantitative estimate of drug-likeness (QED) is 0.576. The Hall–Kier alpha value is -2.47. The van der Waals surface area contributed by atoms with Gasteiger partial charge in [0.25, 0.3) is 0 Å². The molecule has 0 saturated heterocycles. The van der Waals surface area contributed by atoms with Crippen molar-refractivity contribution < 1.29 is 9.53 Å². The molecule has 0 atom stereocenters. The zero-order chi connectivity index (χ0) is 19.5. The first-order chi connectivity index (χ1) is 13.7. The molecule has 6 heteroatoms. The number of imidazole rings is 1. The summed E-state index contributed by atoms with van der Waals surface area (Å²) in [6.45, 7) is 0.973. The van der Waals surface area contributed by atoms with Crippen LogP contribution in [0.15, 0.2) is 48.5 Å². The number of aromatic nitrogens is 2. The summed E-state index contributed by atoms with van der Waals surface area (Å²) in [5.41, 5.74) is 3.11. The lowest BCUT2D eigenvalue weighted by molar-refractivity contribution is -0.133. The van der Waals surface area contributed by atoms with Crippen LogP contribution >= 0.6 is 11.8 Å². The van der Waals surface area contributed by atoms with E-state index in [1.165, 1.54) is 0 Å². The van der Waals surface area contributed by atoms with Crippen molar-refractivity contribution in [1.82, 2.24) is 14.5 Å². The molecule has 0 N–H and O–H groups in total. The maximum Gasteiger partial charge on any atom is 0.243 e. The second kappa shape index (κ2) is 8.27. The first-order valence-electron chi connectivity index (χ1n) is 9.55. The lowest BCUT2D eigenvalue weighted by atomic mass is 10.2. The molecular formula is C22H25N3O2S. The zero-order valence-electron chi connectivity index (χ0n) is 16.3. The lowest BCUT2D eigenvalue weighted by Gasteiger charge is -2.23. The van der Waals surface area contributed by atoms with Gasteiger partial charge in [-0.05, 0) is 48.9 Å². The fourth-order valence-corrected chi connectivity index (χ4v) is 3.98. The van der Waals surface area contributed by atoms with Gasteiger partial charge in [-0.15, -0.1) is 0 Å². The number of amides is 1. The van der Waals surface area contributed by atoms with Crippen LogP contribution in [-0.4, -0.2) is 39.8 Å². The molecule has 1 aromatic heterocycles. The van der Waals surface area contributed by atoms with Gasteiger partial charge in [-0.25, -0.2) is 4.98 Å². The normalized spacial score (nSPS) is 13.6. The topological polar surface area (TPSA) is 47.4 Å². The standard InChI is InChI=1S/C22H25N3O2S/c1-27-18-11-7-16(8-12-18)13-24(17-9-10-17)22(26)14-25-20-6-4-3-5-19(20)23-21(25)15-28-2/h3-8,11-12,17H,9-10,13-15H2,1-2H3. The van der Waals surface area contributed by atoms with E-state index in [1.54, 1.807) is 18.9 Å². The molecule has 0 spiro atoms. The average Bonchev–Trinajstić information content (AvgIpc) is 3.50. The van der Waals surface area contributed by atoms with Crippen LogP contribution in [0, 0.1) is 0 Å². The van der Waals surface area contributed by atoms with Crippen molar-refractivity contribution in [3.8, 4) is 5.75 Å². The van der Waals surface area contributed by atoms with Gasteiger partial charge in [0.15, 0.2) is 0 Å². The van der Waals surface area contributed by atoms with Crippen LogP contribution in [0.5, 0.6) is 5.75 Å². The van der Waals surface area contributed by atoms with E-state index >= 15 is 0 Å². The zero-order valence-corrected chi connectivity index (χ0v) is 17.1. The van der Waals surface area contributed by atoms with Gasteiger partial charge in [-0.3, -0.25) is 4.79 Å². The molecule has 0 unspecified atom stereocenters. The first-order valence-corrected chi connectivity index (χ1v) is 10.9. The minimum atomic E-state index is 0.156. The van der Waals surface area contributed by atoms with Crippen LogP contribution in [0.25, 0.3) is 11.0 Å². The molecule has 1 aliphatic rings. The molecule has 5 nitrogen and oxygen atoms in total. The van der Waals surface area contributed by atoms with E-state index in [2.05, 4.69) is 10.8 Å². The highest BCUT2D eigenvalue weighted by atomic mass is 32.2. The molecule has 3 aromatic rings. The molecule has 0 radical (unpaired) electrons. The molecule has 28 heavy (non-hydrogen) atoms. The van der Waals surface area contributed by atoms with Gasteiger partial charge in [0.05, 0.1) is 23.9 Å². The van der Waals surface area contributed by atoms with E-state index in [0.29, 0.717) is 19.1 Å². The van der Waals surface area contributed by atoms with Crippen molar-refractivity contribution in [3.05, 3.63) is 59.9 Å². The number of benzene rings is 2. The van der Waals surface area contributed by atoms with Gasteiger partial charge >= 0.3 is 0 Å². The Kier molecular flexibility index (Phi) is 5.57. The highest BCUT2D eigenvalue weighted by molar-refractivity contribution is 7.97. The number of nitrogens with zero attached hydrogens (tertiary/aromatic N) is 3. The number of ether oxygens (including phenoxy) is 1. The van der Waals surface area contributed by atoms with E-state index < -0.39 is 0 Å². The average molecular weight is 396 g/mol. The largest absolute Gasteiger partial charge is 0.497 e. The maximum atomic E-state index is 13.3. The van der Waals surface area contributed by atoms with Gasteiger partial charge in [-0.1, -0.05) is 24.3 Å². The number of hydrogen-bond donors (Lipinski definition) is 0. The summed E-state index contributed by atoms with van der Waals surface area (Å²) in [6.07, 6.45) is 4.24. The maximum absolute atomic E-state index is 13.3. The summed E-state index contributed by atoms with van der Waals surface area (Å²) in [4.78, 5) is 20.0. The van der Waals surface area contributed by atoms with Crippen LogP contribution in [0.4, 0.5) is 0 Å². The predicted octanol–water partition coefficient (Wildman–Crippen LogP) is 4.10. The molecule has 0 aliphatic heterocycles. The summed E-state index contributed by atoms with van der Waals surface area (Å²) >= 11 is 1.72. The summed E-state index contributed by atoms with van der Waals surface area (Å²) in [5.74, 6) is 2.75. The second-order valence-corrected chi connectivity index (χ2v) is 8.00. The Bertz CT molecular complexity index is 964. The third kappa shape index (κ3) is 4.02. The number of carbonyl (C=O) groups excluding carboxylic acids is 1. The first kappa shape index (κ1) is 18.9. The van der Waals surface area contributed by atoms with E-state index in [-0.39, 0.29) is 5.91 Å². The summed E-state index contributed by atoms with van der Waals surface area (Å²) in [6, 6.07) is 16.4. The molecule has 4 rings (SSSR count). The minimum absolute atomic E-state index is 0.156. The fourth-order valence-electron chi connectivity index (χ4n) is 3.50. The number of carbonyl (C=O) groups is 1. The number of thioether (sulfide) groups is 1. The van der Waals surface area contributed by atoms with E-state index in [9.17, 15) is 4.79 Å². The van der Waals surface area contributed by atoms with Crippen molar-refractivity contribution in [2.24, 2.45) is 0 Å². The van der Waals surface area contributed by atoms with Crippen molar-refractivity contribution in [2.45, 2.75) is 37.7 Å². The highest BCUT2D eigenvalue weighted by Crippen LogP contribution is 2.29. The number of para-hydroxylation sites is 2. The van der Waals surface area contributed by atoms with Crippen molar-refractivity contribution in [3.63, 3.8) is 0 Å². The monoisotopic (exact) mass is 395 g/mol. The molecule has 1 saturated carbocycles. The van der Waals surface area contributed by atoms with Gasteiger partial charge in [0.2, 0.25) is 5.91 Å². The molecule has 0 bridgehead atoms. The van der Waals surface area contributed by atoms with E-state index in [1.807, 2.05) is 53.4 Å². The fraction of sp³-hybridized carbons (Fsp3) is 0.364. The Balaban J connectivity index is 1.56. The summed E-state index contributed by atoms with van der Waals surface area (Å²) in [7, 11) is 1.66. The van der Waals surface area contributed by atoms with Crippen molar-refractivity contribution in [2.75, 3.05) is 13.4 Å². The summed E-state index contributed by atoms with van der Waals surface area (Å²) in [5, 5.41) is 0. The molecule has 2 aromatic carbocycles. The van der Waals surface area contributed by atoms with Gasteiger partial charge < -0.3 is 14.2 Å². The highest BCUT2D eigenvalue weighted by Gasteiger charge is 2.33. The molecule has 1 heterocycles. The number of methoxy groups -OCH3 is 1. The van der Waals surface area contributed by atoms with Crippen LogP contribution in [0.1, 0.15) is 24.2 Å². The molecule has 1 fully saturated rings. The number of rotatable bonds is 8. The Morgan fingerprint density at radius 1 is 1.21 bits per heavy atom. The van der Waals surface area contributed by atoms with E-state index in [0.717, 1.165) is 46.8 Å². The molecule has 1 amide bonds. The Morgan fingerprint density at radius 3 is 2.64 bits per heavy atom. The van der Waals surface area contributed by atoms with Crippen LogP contribution in [0.2, 0.25) is 0 Å². The summed E-state index contributed by atoms with van der Waals surface area (Å²) < 4.78 is 7.32.